The first-order chi connectivity index (χ1) is 8.99. The van der Waals surface area contributed by atoms with Crippen molar-refractivity contribution in [2.24, 2.45) is 0 Å². The smallest absolute Gasteiger partial charge is 0.182 e. The number of nitrogens with one attached hydrogen (secondary N) is 2. The molecule has 1 aromatic carbocycles. The van der Waals surface area contributed by atoms with Gasteiger partial charge in [-0.25, -0.2) is 23.1 Å². The van der Waals surface area contributed by atoms with Gasteiger partial charge in [0, 0.05) is 25.2 Å². The second-order valence-corrected chi connectivity index (χ2v) is 3.81. The van der Waals surface area contributed by atoms with E-state index < -0.39 is 17.5 Å². The lowest BCUT2D eigenvalue weighted by Crippen LogP contribution is -2.03. The van der Waals surface area contributed by atoms with E-state index in [1.54, 1.807) is 14.0 Å². The lowest BCUT2D eigenvalue weighted by atomic mass is 10.2. The van der Waals surface area contributed by atoms with Gasteiger partial charge in [0.15, 0.2) is 11.6 Å². The minimum atomic E-state index is -1.26. The average Bonchev–Trinajstić information content (AvgIpc) is 2.34. The number of aryl methyl sites for hydroxylation is 1. The number of anilines is 3. The highest BCUT2D eigenvalue weighted by molar-refractivity contribution is 5.59. The van der Waals surface area contributed by atoms with Crippen LogP contribution in [0.3, 0.4) is 0 Å². The quantitative estimate of drug-likeness (QED) is 0.840. The van der Waals surface area contributed by atoms with Crippen LogP contribution < -0.4 is 10.6 Å². The summed E-state index contributed by atoms with van der Waals surface area (Å²) in [6.07, 6.45) is 0. The zero-order valence-electron chi connectivity index (χ0n) is 10.3. The lowest BCUT2D eigenvalue weighted by molar-refractivity contribution is 0.498. The van der Waals surface area contributed by atoms with Crippen LogP contribution in [0.5, 0.6) is 0 Å². The molecule has 19 heavy (non-hydrogen) atoms. The standard InChI is InChI=1S/C12H11F3N4/c1-6-17-10(16-2)5-11(18-6)19-9-4-7(13)3-8(14)12(9)15/h3-5H,1-2H3,(H2,16,17,18,19). The van der Waals surface area contributed by atoms with Crippen LogP contribution in [0.4, 0.5) is 30.5 Å². The Kier molecular flexibility index (Phi) is 3.55. The van der Waals surface area contributed by atoms with Crippen molar-refractivity contribution in [1.29, 1.82) is 0 Å². The summed E-state index contributed by atoms with van der Waals surface area (Å²) in [5.74, 6) is -2.12. The Bertz CT molecular complexity index is 616. The molecular weight excluding hydrogens is 257 g/mol. The molecular formula is C12H11F3N4. The van der Waals surface area contributed by atoms with Gasteiger partial charge >= 0.3 is 0 Å². The van der Waals surface area contributed by atoms with E-state index in [1.807, 2.05) is 0 Å². The van der Waals surface area contributed by atoms with E-state index in [9.17, 15) is 13.2 Å². The molecule has 2 N–H and O–H groups in total. The van der Waals surface area contributed by atoms with E-state index in [1.165, 1.54) is 6.07 Å². The van der Waals surface area contributed by atoms with E-state index in [0.29, 0.717) is 17.7 Å². The molecule has 0 spiro atoms. The summed E-state index contributed by atoms with van der Waals surface area (Å²) >= 11 is 0. The van der Waals surface area contributed by atoms with Crippen LogP contribution in [-0.4, -0.2) is 17.0 Å². The predicted molar refractivity (Wildman–Crippen MR) is 65.9 cm³/mol. The van der Waals surface area contributed by atoms with Crippen molar-refractivity contribution in [2.75, 3.05) is 17.7 Å². The van der Waals surface area contributed by atoms with Gasteiger partial charge in [0.25, 0.3) is 0 Å². The van der Waals surface area contributed by atoms with Gasteiger partial charge in [-0.1, -0.05) is 0 Å². The van der Waals surface area contributed by atoms with Gasteiger partial charge in [-0.15, -0.1) is 0 Å². The molecule has 0 aliphatic heterocycles. The van der Waals surface area contributed by atoms with Gasteiger partial charge in [0.1, 0.15) is 23.3 Å². The summed E-state index contributed by atoms with van der Waals surface area (Å²) in [6.45, 7) is 1.65. The van der Waals surface area contributed by atoms with Crippen molar-refractivity contribution in [1.82, 2.24) is 9.97 Å². The fraction of sp³-hybridized carbons (Fsp3) is 0.167. The molecule has 4 nitrogen and oxygen atoms in total. The highest BCUT2D eigenvalue weighted by Gasteiger charge is 2.12. The topological polar surface area (TPSA) is 49.8 Å². The minimum Gasteiger partial charge on any atom is -0.373 e. The Morgan fingerprint density at radius 1 is 1.00 bits per heavy atom. The Morgan fingerprint density at radius 2 is 1.68 bits per heavy atom. The van der Waals surface area contributed by atoms with Crippen molar-refractivity contribution < 1.29 is 13.2 Å². The highest BCUT2D eigenvalue weighted by Crippen LogP contribution is 2.23. The molecule has 0 unspecified atom stereocenters. The maximum Gasteiger partial charge on any atom is 0.182 e. The maximum absolute atomic E-state index is 13.5. The van der Waals surface area contributed by atoms with Crippen molar-refractivity contribution in [3.05, 3.63) is 41.5 Å². The molecule has 0 atom stereocenters. The second kappa shape index (κ2) is 5.13. The summed E-state index contributed by atoms with van der Waals surface area (Å²) in [7, 11) is 1.66. The summed E-state index contributed by atoms with van der Waals surface area (Å²) in [5.41, 5.74) is -0.322. The number of halogens is 3. The fourth-order valence-corrected chi connectivity index (χ4v) is 1.54. The molecule has 0 amide bonds. The summed E-state index contributed by atoms with van der Waals surface area (Å²) in [4.78, 5) is 8.05. The summed E-state index contributed by atoms with van der Waals surface area (Å²) < 4.78 is 39.6. The third-order valence-electron chi connectivity index (χ3n) is 2.35. The van der Waals surface area contributed by atoms with E-state index in [2.05, 4.69) is 20.6 Å². The first-order valence-corrected chi connectivity index (χ1v) is 5.44. The highest BCUT2D eigenvalue weighted by atomic mass is 19.2. The van der Waals surface area contributed by atoms with Crippen LogP contribution >= 0.6 is 0 Å². The first kappa shape index (κ1) is 13.1. The van der Waals surface area contributed by atoms with E-state index >= 15 is 0 Å². The molecule has 2 aromatic rings. The number of hydrogen-bond acceptors (Lipinski definition) is 4. The Balaban J connectivity index is 2.38. The van der Waals surface area contributed by atoms with Crippen LogP contribution in [0.2, 0.25) is 0 Å². The molecule has 0 saturated carbocycles. The first-order valence-electron chi connectivity index (χ1n) is 5.44. The van der Waals surface area contributed by atoms with Gasteiger partial charge < -0.3 is 10.6 Å². The van der Waals surface area contributed by atoms with Crippen LogP contribution in [0, 0.1) is 24.4 Å². The third kappa shape index (κ3) is 2.93. The molecule has 0 aliphatic rings. The van der Waals surface area contributed by atoms with Gasteiger partial charge in [-0.05, 0) is 6.92 Å². The molecule has 1 aromatic heterocycles. The van der Waals surface area contributed by atoms with E-state index in [4.69, 9.17) is 0 Å². The largest absolute Gasteiger partial charge is 0.373 e. The lowest BCUT2D eigenvalue weighted by Gasteiger charge is -2.09. The molecule has 0 aliphatic carbocycles. The van der Waals surface area contributed by atoms with Gasteiger partial charge in [-0.2, -0.15) is 0 Å². The monoisotopic (exact) mass is 268 g/mol. The maximum atomic E-state index is 13.5. The SMILES string of the molecule is CNc1cc(Nc2cc(F)cc(F)c2F)nc(C)n1. The second-order valence-electron chi connectivity index (χ2n) is 3.81. The number of aromatic nitrogens is 2. The van der Waals surface area contributed by atoms with Gasteiger partial charge in [0.05, 0.1) is 5.69 Å². The van der Waals surface area contributed by atoms with Crippen molar-refractivity contribution in [3.63, 3.8) is 0 Å². The Labute approximate surface area is 107 Å². The van der Waals surface area contributed by atoms with Gasteiger partial charge in [-0.3, -0.25) is 0 Å². The van der Waals surface area contributed by atoms with Crippen LogP contribution in [0.25, 0.3) is 0 Å². The molecule has 0 radical (unpaired) electrons. The van der Waals surface area contributed by atoms with Crippen molar-refractivity contribution in [2.45, 2.75) is 6.92 Å². The predicted octanol–water partition coefficient (Wildman–Crippen LogP) is 2.99. The molecule has 1 heterocycles. The Hall–Kier alpha value is -2.31. The molecule has 7 heteroatoms. The van der Waals surface area contributed by atoms with E-state index in [-0.39, 0.29) is 11.5 Å². The summed E-state index contributed by atoms with van der Waals surface area (Å²) in [6, 6.07) is 2.83. The third-order valence-corrected chi connectivity index (χ3v) is 2.35. The van der Waals surface area contributed by atoms with Crippen molar-refractivity contribution >= 4 is 17.3 Å². The minimum absolute atomic E-state index is 0.237. The fourth-order valence-electron chi connectivity index (χ4n) is 1.54. The van der Waals surface area contributed by atoms with Crippen LogP contribution in [0.15, 0.2) is 18.2 Å². The van der Waals surface area contributed by atoms with Crippen LogP contribution in [-0.2, 0) is 0 Å². The Morgan fingerprint density at radius 3 is 2.37 bits per heavy atom. The zero-order valence-corrected chi connectivity index (χ0v) is 10.3. The number of rotatable bonds is 3. The zero-order chi connectivity index (χ0) is 14.0. The molecule has 2 rings (SSSR count). The summed E-state index contributed by atoms with van der Waals surface area (Å²) in [5, 5.41) is 5.32. The normalized spacial score (nSPS) is 10.4. The van der Waals surface area contributed by atoms with E-state index in [0.717, 1.165) is 6.07 Å². The number of hydrogen-bond donors (Lipinski definition) is 2. The average molecular weight is 268 g/mol. The molecule has 0 fully saturated rings. The number of benzene rings is 1. The number of nitrogens with zero attached hydrogens (tertiary/aromatic N) is 2. The van der Waals surface area contributed by atoms with Crippen molar-refractivity contribution in [3.8, 4) is 0 Å². The van der Waals surface area contributed by atoms with Gasteiger partial charge in [0.2, 0.25) is 0 Å². The molecule has 0 saturated heterocycles. The molecule has 100 valence electrons. The molecule has 0 bridgehead atoms. The van der Waals surface area contributed by atoms with Crippen LogP contribution in [0.1, 0.15) is 5.82 Å².